The highest BCUT2D eigenvalue weighted by Crippen LogP contribution is 2.40. The van der Waals surface area contributed by atoms with E-state index in [-0.39, 0.29) is 23.6 Å². The molecule has 0 fully saturated rings. The van der Waals surface area contributed by atoms with Gasteiger partial charge < -0.3 is 24.3 Å². The fourth-order valence-electron chi connectivity index (χ4n) is 4.96. The van der Waals surface area contributed by atoms with Gasteiger partial charge in [-0.05, 0) is 71.4 Å². The van der Waals surface area contributed by atoms with Gasteiger partial charge >= 0.3 is 5.97 Å². The molecular weight excluding hydrogens is 591 g/mol. The van der Waals surface area contributed by atoms with Gasteiger partial charge in [-0.15, -0.1) is 0 Å². The molecule has 2 unspecified atom stereocenters. The van der Waals surface area contributed by atoms with Crippen LogP contribution >= 0.6 is 0 Å². The van der Waals surface area contributed by atoms with Gasteiger partial charge in [-0.3, -0.25) is 4.79 Å². The van der Waals surface area contributed by atoms with Crippen molar-refractivity contribution in [1.82, 2.24) is 5.32 Å². The van der Waals surface area contributed by atoms with E-state index in [1.54, 1.807) is 0 Å². The van der Waals surface area contributed by atoms with E-state index in [4.69, 9.17) is 13.9 Å². The van der Waals surface area contributed by atoms with E-state index in [1.807, 2.05) is 60.7 Å². The maximum atomic E-state index is 11.2. The van der Waals surface area contributed by atoms with Crippen LogP contribution < -0.4 is 14.8 Å². The lowest BCUT2D eigenvalue weighted by molar-refractivity contribution is -0.136. The number of aliphatic carboxylic acids is 1. The zero-order valence-electron chi connectivity index (χ0n) is 28.1. The van der Waals surface area contributed by atoms with Crippen molar-refractivity contribution in [3.63, 3.8) is 0 Å². The van der Waals surface area contributed by atoms with Gasteiger partial charge in [-0.1, -0.05) is 106 Å². The number of ether oxygens (including phenoxy) is 2. The molecule has 0 aliphatic rings. The molecular formula is C39H49NO5Si. The topological polar surface area (TPSA) is 77.0 Å². The highest BCUT2D eigenvalue weighted by molar-refractivity contribution is 6.74. The standard InChI is InChI=1S/C39H49NO5Si/c1-29(20-32-18-13-19-33(21-32)22-38(41)42)40-26-37(45-46(5,6)39(2,3)4)34-23-35(43-27-30-14-9-7-10-15-30)25-36(24-34)44-28-31-16-11-8-12-17-31/h7-19,21,23-25,29,37,40H,20,22,26-28H2,1-6H3,(H,41,42). The summed E-state index contributed by atoms with van der Waals surface area (Å²) in [6, 6.07) is 34.4. The van der Waals surface area contributed by atoms with Crippen molar-refractivity contribution in [1.29, 1.82) is 0 Å². The van der Waals surface area contributed by atoms with Crippen LogP contribution in [0.5, 0.6) is 11.5 Å². The summed E-state index contributed by atoms with van der Waals surface area (Å²) in [6.45, 7) is 15.0. The average Bonchev–Trinajstić information content (AvgIpc) is 3.01. The predicted molar refractivity (Wildman–Crippen MR) is 188 cm³/mol. The number of rotatable bonds is 16. The number of hydrogen-bond donors (Lipinski definition) is 2. The first kappa shape index (κ1) is 35.0. The van der Waals surface area contributed by atoms with Gasteiger partial charge in [-0.2, -0.15) is 0 Å². The molecule has 0 saturated carbocycles. The maximum absolute atomic E-state index is 11.2. The predicted octanol–water partition coefficient (Wildman–Crippen LogP) is 8.76. The van der Waals surface area contributed by atoms with Gasteiger partial charge in [-0.25, -0.2) is 0 Å². The molecule has 0 spiro atoms. The van der Waals surface area contributed by atoms with Crippen molar-refractivity contribution in [2.24, 2.45) is 0 Å². The third-order valence-corrected chi connectivity index (χ3v) is 13.0. The molecule has 0 aromatic heterocycles. The molecule has 244 valence electrons. The van der Waals surface area contributed by atoms with Crippen molar-refractivity contribution in [2.45, 2.75) is 84.0 Å². The van der Waals surface area contributed by atoms with E-state index in [0.29, 0.717) is 19.8 Å². The van der Waals surface area contributed by atoms with E-state index in [2.05, 4.69) is 88.6 Å². The second-order valence-electron chi connectivity index (χ2n) is 13.6. The molecule has 0 heterocycles. The third-order valence-electron chi connectivity index (χ3n) is 8.55. The van der Waals surface area contributed by atoms with Gasteiger partial charge in [0, 0.05) is 18.7 Å². The zero-order chi connectivity index (χ0) is 33.2. The molecule has 4 aromatic rings. The number of carbonyl (C=O) groups is 1. The lowest BCUT2D eigenvalue weighted by Crippen LogP contribution is -2.44. The van der Waals surface area contributed by atoms with Crippen LogP contribution in [0.1, 0.15) is 61.6 Å². The van der Waals surface area contributed by atoms with Crippen LogP contribution in [-0.2, 0) is 35.3 Å². The van der Waals surface area contributed by atoms with Crippen LogP contribution in [0.25, 0.3) is 0 Å². The van der Waals surface area contributed by atoms with Gasteiger partial charge in [0.2, 0.25) is 0 Å². The van der Waals surface area contributed by atoms with Gasteiger partial charge in [0.05, 0.1) is 12.5 Å². The Labute approximate surface area is 275 Å². The highest BCUT2D eigenvalue weighted by Gasteiger charge is 2.39. The second-order valence-corrected chi connectivity index (χ2v) is 18.3. The summed E-state index contributed by atoms with van der Waals surface area (Å²) in [5, 5.41) is 13.0. The number of hydrogen-bond acceptors (Lipinski definition) is 5. The monoisotopic (exact) mass is 639 g/mol. The maximum Gasteiger partial charge on any atom is 0.307 e. The van der Waals surface area contributed by atoms with E-state index in [1.165, 1.54) is 0 Å². The molecule has 0 aliphatic carbocycles. The fraction of sp³-hybridized carbons (Fsp3) is 0.359. The van der Waals surface area contributed by atoms with Crippen LogP contribution in [0, 0.1) is 0 Å². The quantitative estimate of drug-likeness (QED) is 0.119. The van der Waals surface area contributed by atoms with E-state index in [0.717, 1.165) is 45.7 Å². The van der Waals surface area contributed by atoms with Crippen LogP contribution in [-0.4, -0.2) is 32.0 Å². The molecule has 2 atom stereocenters. The lowest BCUT2D eigenvalue weighted by Gasteiger charge is -2.40. The molecule has 0 saturated heterocycles. The molecule has 0 amide bonds. The number of nitrogens with one attached hydrogen (secondary N) is 1. The Morgan fingerprint density at radius 2 is 1.28 bits per heavy atom. The van der Waals surface area contributed by atoms with Crippen molar-refractivity contribution < 1.29 is 23.8 Å². The molecule has 0 bridgehead atoms. The van der Waals surface area contributed by atoms with Crippen molar-refractivity contribution in [3.8, 4) is 11.5 Å². The minimum atomic E-state index is -2.17. The largest absolute Gasteiger partial charge is 0.489 e. The Morgan fingerprint density at radius 3 is 1.80 bits per heavy atom. The first-order valence-electron chi connectivity index (χ1n) is 16.1. The summed E-state index contributed by atoms with van der Waals surface area (Å²) in [6.07, 6.45) is 0.558. The zero-order valence-corrected chi connectivity index (χ0v) is 29.1. The summed E-state index contributed by atoms with van der Waals surface area (Å²) < 4.78 is 19.7. The average molecular weight is 640 g/mol. The van der Waals surface area contributed by atoms with Crippen molar-refractivity contribution in [3.05, 3.63) is 131 Å². The lowest BCUT2D eigenvalue weighted by atomic mass is 10.0. The van der Waals surface area contributed by atoms with E-state index >= 15 is 0 Å². The summed E-state index contributed by atoms with van der Waals surface area (Å²) >= 11 is 0. The molecule has 46 heavy (non-hydrogen) atoms. The molecule has 0 radical (unpaired) electrons. The Hall–Kier alpha value is -3.91. The Balaban J connectivity index is 1.59. The SMILES string of the molecule is CC(Cc1cccc(CC(=O)O)c1)NCC(O[Si](C)(C)C(C)(C)C)c1cc(OCc2ccccc2)cc(OCc2ccccc2)c1. The van der Waals surface area contributed by atoms with Crippen LogP contribution in [0.15, 0.2) is 103 Å². The Kier molecular flexibility index (Phi) is 12.2. The Bertz CT molecular complexity index is 1470. The van der Waals surface area contributed by atoms with Gasteiger partial charge in [0.15, 0.2) is 8.32 Å². The van der Waals surface area contributed by atoms with E-state index < -0.39 is 14.3 Å². The molecule has 7 heteroatoms. The summed E-state index contributed by atoms with van der Waals surface area (Å²) in [5.74, 6) is 0.643. The molecule has 2 N–H and O–H groups in total. The summed E-state index contributed by atoms with van der Waals surface area (Å²) in [5.41, 5.74) is 5.11. The van der Waals surface area contributed by atoms with Gasteiger partial charge in [0.25, 0.3) is 0 Å². The normalized spacial score (nSPS) is 13.2. The van der Waals surface area contributed by atoms with Crippen LogP contribution in [0.2, 0.25) is 18.1 Å². The van der Waals surface area contributed by atoms with Crippen LogP contribution in [0.3, 0.4) is 0 Å². The Morgan fingerprint density at radius 1 is 0.761 bits per heavy atom. The summed E-state index contributed by atoms with van der Waals surface area (Å²) in [4.78, 5) is 11.2. The molecule has 0 aliphatic heterocycles. The van der Waals surface area contributed by atoms with Crippen molar-refractivity contribution >= 4 is 14.3 Å². The first-order valence-corrected chi connectivity index (χ1v) is 19.0. The van der Waals surface area contributed by atoms with Gasteiger partial charge in [0.1, 0.15) is 24.7 Å². The van der Waals surface area contributed by atoms with E-state index in [9.17, 15) is 9.90 Å². The third kappa shape index (κ3) is 10.9. The van der Waals surface area contributed by atoms with Crippen molar-refractivity contribution in [2.75, 3.05) is 6.54 Å². The fourth-order valence-corrected chi connectivity index (χ4v) is 6.25. The molecule has 6 nitrogen and oxygen atoms in total. The summed E-state index contributed by atoms with van der Waals surface area (Å²) in [7, 11) is -2.17. The molecule has 4 rings (SSSR count). The minimum Gasteiger partial charge on any atom is -0.489 e. The number of carboxylic acids is 1. The molecule has 4 aromatic carbocycles. The first-order chi connectivity index (χ1) is 21.9. The number of benzene rings is 4. The highest BCUT2D eigenvalue weighted by atomic mass is 28.4. The smallest absolute Gasteiger partial charge is 0.307 e. The minimum absolute atomic E-state index is 0.0233. The van der Waals surface area contributed by atoms with Crippen LogP contribution in [0.4, 0.5) is 0 Å². The second kappa shape index (κ2) is 16.1. The number of carboxylic acid groups (broad SMARTS) is 1.